The van der Waals surface area contributed by atoms with Crippen molar-refractivity contribution in [2.45, 2.75) is 45.4 Å². The molecule has 1 unspecified atom stereocenters. The zero-order valence-electron chi connectivity index (χ0n) is 25.9. The molecule has 0 aliphatic carbocycles. The summed E-state index contributed by atoms with van der Waals surface area (Å²) in [7, 11) is 0. The van der Waals surface area contributed by atoms with Crippen molar-refractivity contribution in [3.63, 3.8) is 0 Å². The molecule has 1 amide bonds. The largest absolute Gasteiger partial charge is 0.508 e. The average molecular weight is 600 g/mol. The maximum absolute atomic E-state index is 12.5. The van der Waals surface area contributed by atoms with Gasteiger partial charge in [0.05, 0.1) is 0 Å². The summed E-state index contributed by atoms with van der Waals surface area (Å²) in [6, 6.07) is 25.5. The molecular formula is C36H45N3O5. The standard InChI is InChI=1S/C36H45N3O5/c1-36(2,3)44-35(43)39-22-28-20-38(21-29(28)23-39)24-33(42)37-30-15-11-26(12-16-30)34(27-13-17-31(41)18-14-27)32(10-7-19-40)25-8-5-4-6-9-25/h4-6,8-9,11-18,28-29,33,37,40-42H,7,10,19-24H2,1-3H3/b34-32+/t28-,29+,33?. The quantitative estimate of drug-likeness (QED) is 0.176. The minimum Gasteiger partial charge on any atom is -0.508 e. The normalized spacial score (nSPS) is 19.8. The van der Waals surface area contributed by atoms with Crippen molar-refractivity contribution in [3.8, 4) is 5.75 Å². The Hall–Kier alpha value is -3.85. The lowest BCUT2D eigenvalue weighted by molar-refractivity contribution is 0.0271. The van der Waals surface area contributed by atoms with E-state index in [0.29, 0.717) is 44.3 Å². The van der Waals surface area contributed by atoms with Crippen LogP contribution in [0.3, 0.4) is 0 Å². The molecule has 0 aromatic heterocycles. The van der Waals surface area contributed by atoms with Gasteiger partial charge in [-0.25, -0.2) is 4.79 Å². The van der Waals surface area contributed by atoms with Gasteiger partial charge in [-0.15, -0.1) is 0 Å². The Labute approximate surface area is 260 Å². The number of hydrogen-bond acceptors (Lipinski definition) is 7. The number of nitrogens with zero attached hydrogens (tertiary/aromatic N) is 2. The first kappa shape index (κ1) is 31.6. The molecule has 0 bridgehead atoms. The van der Waals surface area contributed by atoms with E-state index in [1.807, 2.05) is 80.3 Å². The zero-order chi connectivity index (χ0) is 31.3. The minimum absolute atomic E-state index is 0.0977. The predicted molar refractivity (Wildman–Crippen MR) is 174 cm³/mol. The number of aliphatic hydroxyl groups excluding tert-OH is 2. The van der Waals surface area contributed by atoms with Gasteiger partial charge >= 0.3 is 6.09 Å². The Kier molecular flexibility index (Phi) is 9.93. The SMILES string of the molecule is CC(C)(C)OC(=O)N1C[C@H]2CN(CC(O)Nc3ccc(/C(=C(/CCCO)c4ccccc4)c4ccc(O)cc4)cc3)C[C@H]2C1. The van der Waals surface area contributed by atoms with Gasteiger partial charge in [0, 0.05) is 45.0 Å². The summed E-state index contributed by atoms with van der Waals surface area (Å²) in [6.45, 7) is 9.34. The number of nitrogens with one attached hydrogen (secondary N) is 1. The summed E-state index contributed by atoms with van der Waals surface area (Å²) in [6.07, 6.45) is 0.354. The number of aliphatic hydroxyl groups is 2. The Bertz CT molecular complexity index is 1400. The van der Waals surface area contributed by atoms with Gasteiger partial charge in [0.2, 0.25) is 0 Å². The van der Waals surface area contributed by atoms with Crippen molar-refractivity contribution in [2.75, 3.05) is 44.6 Å². The summed E-state index contributed by atoms with van der Waals surface area (Å²) in [5.74, 6) is 0.993. The molecule has 0 spiro atoms. The number of ether oxygens (including phenoxy) is 1. The molecule has 2 heterocycles. The Morgan fingerprint density at radius 1 is 0.886 bits per heavy atom. The smallest absolute Gasteiger partial charge is 0.410 e. The van der Waals surface area contributed by atoms with Gasteiger partial charge in [-0.05, 0) is 97.6 Å². The lowest BCUT2D eigenvalue weighted by Crippen LogP contribution is -2.40. The topological polar surface area (TPSA) is 106 Å². The molecule has 3 aromatic rings. The monoisotopic (exact) mass is 599 g/mol. The summed E-state index contributed by atoms with van der Waals surface area (Å²) in [4.78, 5) is 16.6. The third-order valence-corrected chi connectivity index (χ3v) is 8.32. The van der Waals surface area contributed by atoms with E-state index in [4.69, 9.17) is 4.74 Å². The van der Waals surface area contributed by atoms with Gasteiger partial charge in [-0.3, -0.25) is 4.90 Å². The molecule has 2 saturated heterocycles. The number of rotatable bonds is 10. The summed E-state index contributed by atoms with van der Waals surface area (Å²) < 4.78 is 5.55. The number of phenols is 1. The number of allylic oxidation sites excluding steroid dienone is 1. The summed E-state index contributed by atoms with van der Waals surface area (Å²) >= 11 is 0. The second kappa shape index (κ2) is 13.8. The number of carbonyl (C=O) groups excluding carboxylic acids is 1. The van der Waals surface area contributed by atoms with Crippen LogP contribution in [0.15, 0.2) is 78.9 Å². The van der Waals surface area contributed by atoms with Crippen molar-refractivity contribution in [1.29, 1.82) is 0 Å². The molecule has 234 valence electrons. The zero-order valence-corrected chi connectivity index (χ0v) is 25.9. The first-order valence-corrected chi connectivity index (χ1v) is 15.5. The first-order chi connectivity index (χ1) is 21.1. The van der Waals surface area contributed by atoms with Crippen LogP contribution in [0.1, 0.15) is 50.3 Å². The number of amides is 1. The van der Waals surface area contributed by atoms with Gasteiger partial charge in [0.15, 0.2) is 0 Å². The minimum atomic E-state index is -0.738. The average Bonchev–Trinajstić information content (AvgIpc) is 3.55. The van der Waals surface area contributed by atoms with Crippen LogP contribution in [0.5, 0.6) is 5.75 Å². The van der Waals surface area contributed by atoms with E-state index < -0.39 is 11.8 Å². The fourth-order valence-corrected chi connectivity index (χ4v) is 6.38. The van der Waals surface area contributed by atoms with E-state index >= 15 is 0 Å². The van der Waals surface area contributed by atoms with Crippen LogP contribution in [-0.4, -0.2) is 82.4 Å². The van der Waals surface area contributed by atoms with Crippen molar-refractivity contribution in [2.24, 2.45) is 11.8 Å². The highest BCUT2D eigenvalue weighted by Crippen LogP contribution is 2.36. The van der Waals surface area contributed by atoms with Crippen LogP contribution in [0.2, 0.25) is 0 Å². The lowest BCUT2D eigenvalue weighted by atomic mass is 9.87. The van der Waals surface area contributed by atoms with E-state index in [9.17, 15) is 20.1 Å². The van der Waals surface area contributed by atoms with Crippen LogP contribution in [0, 0.1) is 11.8 Å². The van der Waals surface area contributed by atoms with Crippen LogP contribution in [-0.2, 0) is 4.74 Å². The van der Waals surface area contributed by atoms with E-state index in [1.54, 1.807) is 12.1 Å². The molecule has 4 N–H and O–H groups in total. The molecule has 8 nitrogen and oxygen atoms in total. The van der Waals surface area contributed by atoms with Crippen LogP contribution in [0.25, 0.3) is 11.1 Å². The molecule has 5 rings (SSSR count). The third-order valence-electron chi connectivity index (χ3n) is 8.32. The van der Waals surface area contributed by atoms with Gasteiger partial charge in [0.25, 0.3) is 0 Å². The predicted octanol–water partition coefficient (Wildman–Crippen LogP) is 5.65. The summed E-state index contributed by atoms with van der Waals surface area (Å²) in [5.41, 5.74) is 5.56. The molecule has 8 heteroatoms. The van der Waals surface area contributed by atoms with Gasteiger partial charge in [0.1, 0.15) is 17.6 Å². The molecule has 2 aliphatic rings. The highest BCUT2D eigenvalue weighted by atomic mass is 16.6. The van der Waals surface area contributed by atoms with Crippen LogP contribution < -0.4 is 5.32 Å². The maximum atomic E-state index is 12.5. The second-order valence-corrected chi connectivity index (χ2v) is 13.0. The molecule has 3 aromatic carbocycles. The molecule has 3 atom stereocenters. The highest BCUT2D eigenvalue weighted by molar-refractivity contribution is 5.98. The van der Waals surface area contributed by atoms with Gasteiger partial charge < -0.3 is 30.3 Å². The Balaban J connectivity index is 1.26. The number of hydrogen-bond donors (Lipinski definition) is 4. The van der Waals surface area contributed by atoms with Crippen molar-refractivity contribution < 1.29 is 24.9 Å². The van der Waals surface area contributed by atoms with E-state index in [2.05, 4.69) is 22.3 Å². The molecule has 0 radical (unpaired) electrons. The number of aromatic hydroxyl groups is 1. The fourth-order valence-electron chi connectivity index (χ4n) is 6.38. The molecule has 44 heavy (non-hydrogen) atoms. The Morgan fingerprint density at radius 3 is 2.05 bits per heavy atom. The summed E-state index contributed by atoms with van der Waals surface area (Å²) in [5, 5.41) is 33.7. The molecule has 2 fully saturated rings. The van der Waals surface area contributed by atoms with Crippen molar-refractivity contribution in [1.82, 2.24) is 9.80 Å². The second-order valence-electron chi connectivity index (χ2n) is 13.0. The molecular weight excluding hydrogens is 554 g/mol. The number of carbonyl (C=O) groups is 1. The number of phenolic OH excluding ortho intramolecular Hbond substituents is 1. The van der Waals surface area contributed by atoms with Crippen LogP contribution >= 0.6 is 0 Å². The molecule has 2 aliphatic heterocycles. The number of likely N-dealkylation sites (tertiary alicyclic amines) is 2. The number of anilines is 1. The van der Waals surface area contributed by atoms with Crippen LogP contribution in [0.4, 0.5) is 10.5 Å². The maximum Gasteiger partial charge on any atom is 0.410 e. The number of benzene rings is 3. The fraction of sp³-hybridized carbons (Fsp3) is 0.417. The van der Waals surface area contributed by atoms with E-state index in [0.717, 1.165) is 46.6 Å². The lowest BCUT2D eigenvalue weighted by Gasteiger charge is -2.26. The number of β-amino-alcohol motifs (C(OH)–C–C–N with tert-alkyl or cyclic N) is 1. The Morgan fingerprint density at radius 2 is 1.48 bits per heavy atom. The van der Waals surface area contributed by atoms with Crippen molar-refractivity contribution in [3.05, 3.63) is 95.6 Å². The van der Waals surface area contributed by atoms with E-state index in [-0.39, 0.29) is 18.4 Å². The first-order valence-electron chi connectivity index (χ1n) is 15.5. The van der Waals surface area contributed by atoms with E-state index in [1.165, 1.54) is 0 Å². The van der Waals surface area contributed by atoms with Gasteiger partial charge in [-0.2, -0.15) is 0 Å². The molecule has 0 saturated carbocycles. The van der Waals surface area contributed by atoms with Gasteiger partial charge in [-0.1, -0.05) is 54.6 Å². The number of fused-ring (bicyclic) bond motifs is 1. The van der Waals surface area contributed by atoms with Crippen molar-refractivity contribution >= 4 is 22.9 Å². The highest BCUT2D eigenvalue weighted by Gasteiger charge is 2.42. The third kappa shape index (κ3) is 8.00.